The van der Waals surface area contributed by atoms with Crippen LogP contribution in [0.3, 0.4) is 0 Å². The molecule has 0 amide bonds. The van der Waals surface area contributed by atoms with Crippen molar-refractivity contribution in [3.8, 4) is 0 Å². The highest BCUT2D eigenvalue weighted by Crippen LogP contribution is 2.36. The lowest BCUT2D eigenvalue weighted by Gasteiger charge is -2.21. The first-order chi connectivity index (χ1) is 9.88. The van der Waals surface area contributed by atoms with E-state index in [4.69, 9.17) is 9.72 Å². The van der Waals surface area contributed by atoms with Crippen molar-refractivity contribution in [2.75, 3.05) is 13.2 Å². The second kappa shape index (κ2) is 5.74. The van der Waals surface area contributed by atoms with Crippen molar-refractivity contribution >= 4 is 11.3 Å². The van der Waals surface area contributed by atoms with Gasteiger partial charge < -0.3 is 10.1 Å². The number of rotatable bonds is 5. The summed E-state index contributed by atoms with van der Waals surface area (Å²) in [7, 11) is 0. The number of fused-ring (bicyclic) bond motifs is 1. The summed E-state index contributed by atoms with van der Waals surface area (Å²) in [4.78, 5) is 6.55. The van der Waals surface area contributed by atoms with Crippen molar-refractivity contribution in [1.29, 1.82) is 0 Å². The van der Waals surface area contributed by atoms with Crippen LogP contribution in [-0.2, 0) is 17.6 Å². The molecule has 4 heteroatoms. The van der Waals surface area contributed by atoms with Gasteiger partial charge in [0, 0.05) is 36.4 Å². The lowest BCUT2D eigenvalue weighted by atomic mass is 9.91. The SMILES string of the molecule is C1COC(Cc2nc3c(s2)CCCC3CNC2CC2)C1. The monoisotopic (exact) mass is 292 g/mol. The van der Waals surface area contributed by atoms with Crippen molar-refractivity contribution < 1.29 is 4.74 Å². The van der Waals surface area contributed by atoms with Crippen LogP contribution in [0.25, 0.3) is 0 Å². The van der Waals surface area contributed by atoms with E-state index in [2.05, 4.69) is 5.32 Å². The number of hydrogen-bond donors (Lipinski definition) is 1. The van der Waals surface area contributed by atoms with Gasteiger partial charge in [-0.25, -0.2) is 4.98 Å². The zero-order valence-corrected chi connectivity index (χ0v) is 12.9. The fourth-order valence-electron chi connectivity index (χ4n) is 3.44. The van der Waals surface area contributed by atoms with Gasteiger partial charge in [-0.1, -0.05) is 0 Å². The standard InChI is InChI=1S/C16H24N2OS/c1-3-11(10-17-12-6-7-12)16-14(5-1)20-15(18-16)9-13-4-2-8-19-13/h11-13,17H,1-10H2. The van der Waals surface area contributed by atoms with Crippen LogP contribution in [0.2, 0.25) is 0 Å². The smallest absolute Gasteiger partial charge is 0.0957 e. The van der Waals surface area contributed by atoms with Gasteiger partial charge in [0.2, 0.25) is 0 Å². The highest BCUT2D eigenvalue weighted by Gasteiger charge is 2.28. The van der Waals surface area contributed by atoms with Gasteiger partial charge >= 0.3 is 0 Å². The second-order valence-electron chi connectivity index (χ2n) is 6.53. The molecule has 2 heterocycles. The molecular formula is C16H24N2OS. The molecule has 3 aliphatic rings. The lowest BCUT2D eigenvalue weighted by molar-refractivity contribution is 0.111. The Morgan fingerprint density at radius 3 is 2.95 bits per heavy atom. The normalized spacial score (nSPS) is 29.6. The van der Waals surface area contributed by atoms with Crippen molar-refractivity contribution in [2.24, 2.45) is 0 Å². The molecule has 3 nitrogen and oxygen atoms in total. The summed E-state index contributed by atoms with van der Waals surface area (Å²) in [5.74, 6) is 0.661. The number of nitrogens with one attached hydrogen (secondary N) is 1. The van der Waals surface area contributed by atoms with E-state index in [9.17, 15) is 0 Å². The van der Waals surface area contributed by atoms with Crippen molar-refractivity contribution in [1.82, 2.24) is 10.3 Å². The maximum Gasteiger partial charge on any atom is 0.0957 e. The third-order valence-electron chi connectivity index (χ3n) is 4.77. The van der Waals surface area contributed by atoms with E-state index in [0.29, 0.717) is 12.0 Å². The van der Waals surface area contributed by atoms with Crippen LogP contribution < -0.4 is 5.32 Å². The van der Waals surface area contributed by atoms with Crippen LogP contribution in [0.4, 0.5) is 0 Å². The van der Waals surface area contributed by atoms with Gasteiger partial charge in [0.15, 0.2) is 0 Å². The molecule has 110 valence electrons. The Hall–Kier alpha value is -0.450. The highest BCUT2D eigenvalue weighted by molar-refractivity contribution is 7.11. The third-order valence-corrected chi connectivity index (χ3v) is 5.92. The van der Waals surface area contributed by atoms with Crippen LogP contribution in [0, 0.1) is 0 Å². The fourth-order valence-corrected chi connectivity index (χ4v) is 4.70. The molecule has 0 spiro atoms. The summed E-state index contributed by atoms with van der Waals surface area (Å²) < 4.78 is 5.76. The predicted molar refractivity (Wildman–Crippen MR) is 81.5 cm³/mol. The molecule has 2 fully saturated rings. The van der Waals surface area contributed by atoms with Gasteiger partial charge in [0.1, 0.15) is 0 Å². The highest BCUT2D eigenvalue weighted by atomic mass is 32.1. The molecule has 1 saturated heterocycles. The van der Waals surface area contributed by atoms with E-state index >= 15 is 0 Å². The largest absolute Gasteiger partial charge is 0.378 e. The number of aryl methyl sites for hydroxylation is 1. The number of hydrogen-bond acceptors (Lipinski definition) is 4. The van der Waals surface area contributed by atoms with Crippen LogP contribution in [-0.4, -0.2) is 30.3 Å². The van der Waals surface area contributed by atoms with Gasteiger partial charge in [0.25, 0.3) is 0 Å². The maximum atomic E-state index is 5.76. The summed E-state index contributed by atoms with van der Waals surface area (Å²) in [6, 6.07) is 0.811. The Kier molecular flexibility index (Phi) is 3.80. The Morgan fingerprint density at radius 2 is 2.15 bits per heavy atom. The molecule has 1 aromatic rings. The van der Waals surface area contributed by atoms with Crippen LogP contribution in [0.1, 0.15) is 60.0 Å². The second-order valence-corrected chi connectivity index (χ2v) is 7.70. The number of aromatic nitrogens is 1. The summed E-state index contributed by atoms with van der Waals surface area (Å²) in [6.07, 6.45) is 10.6. The molecule has 1 aliphatic heterocycles. The van der Waals surface area contributed by atoms with Crippen molar-refractivity contribution in [3.05, 3.63) is 15.6 Å². The average molecular weight is 292 g/mol. The quantitative estimate of drug-likeness (QED) is 0.906. The summed E-state index contributed by atoms with van der Waals surface area (Å²) in [5.41, 5.74) is 1.42. The minimum absolute atomic E-state index is 0.436. The van der Waals surface area contributed by atoms with Crippen LogP contribution in [0.15, 0.2) is 0 Å². The molecule has 0 bridgehead atoms. The molecule has 0 aromatic carbocycles. The summed E-state index contributed by atoms with van der Waals surface area (Å²) >= 11 is 1.96. The molecule has 2 aliphatic carbocycles. The van der Waals surface area contributed by atoms with E-state index in [1.54, 1.807) is 4.88 Å². The Balaban J connectivity index is 1.44. The zero-order chi connectivity index (χ0) is 13.4. The van der Waals surface area contributed by atoms with E-state index in [-0.39, 0.29) is 0 Å². The molecule has 20 heavy (non-hydrogen) atoms. The molecule has 1 aromatic heterocycles. The van der Waals surface area contributed by atoms with Gasteiger partial charge in [-0.3, -0.25) is 0 Å². The Bertz CT molecular complexity index is 463. The zero-order valence-electron chi connectivity index (χ0n) is 12.1. The maximum absolute atomic E-state index is 5.76. The van der Waals surface area contributed by atoms with E-state index in [1.807, 2.05) is 11.3 Å². The van der Waals surface area contributed by atoms with E-state index < -0.39 is 0 Å². The van der Waals surface area contributed by atoms with Crippen molar-refractivity contribution in [2.45, 2.75) is 69.4 Å². The topological polar surface area (TPSA) is 34.1 Å². The van der Waals surface area contributed by atoms with Crippen LogP contribution >= 0.6 is 11.3 Å². The predicted octanol–water partition coefficient (Wildman–Crippen LogP) is 3.04. The van der Waals surface area contributed by atoms with E-state index in [0.717, 1.165) is 25.6 Å². The lowest BCUT2D eigenvalue weighted by Crippen LogP contribution is -2.25. The van der Waals surface area contributed by atoms with Gasteiger partial charge in [-0.05, 0) is 44.9 Å². The molecule has 1 saturated carbocycles. The molecular weight excluding hydrogens is 268 g/mol. The van der Waals surface area contributed by atoms with Crippen molar-refractivity contribution in [3.63, 3.8) is 0 Å². The Morgan fingerprint density at radius 1 is 1.20 bits per heavy atom. The van der Waals surface area contributed by atoms with Gasteiger partial charge in [0.05, 0.1) is 16.8 Å². The molecule has 1 N–H and O–H groups in total. The summed E-state index contributed by atoms with van der Waals surface area (Å²) in [6.45, 7) is 2.09. The fraction of sp³-hybridized carbons (Fsp3) is 0.812. The summed E-state index contributed by atoms with van der Waals surface area (Å²) in [5, 5.41) is 5.01. The van der Waals surface area contributed by atoms with E-state index in [1.165, 1.54) is 55.6 Å². The minimum atomic E-state index is 0.436. The number of thiazole rings is 1. The average Bonchev–Trinajstić information content (AvgIpc) is 2.97. The first-order valence-corrected chi connectivity index (χ1v) is 9.03. The first kappa shape index (κ1) is 13.2. The molecule has 4 rings (SSSR count). The number of nitrogens with zero attached hydrogens (tertiary/aromatic N) is 1. The number of ether oxygens (including phenoxy) is 1. The minimum Gasteiger partial charge on any atom is -0.378 e. The van der Waals surface area contributed by atoms with Crippen LogP contribution in [0.5, 0.6) is 0 Å². The van der Waals surface area contributed by atoms with Gasteiger partial charge in [-0.15, -0.1) is 11.3 Å². The molecule has 2 atom stereocenters. The first-order valence-electron chi connectivity index (χ1n) is 8.22. The Labute approximate surface area is 125 Å². The van der Waals surface area contributed by atoms with Gasteiger partial charge in [-0.2, -0.15) is 0 Å². The molecule has 2 unspecified atom stereocenters. The third kappa shape index (κ3) is 2.92. The molecule has 0 radical (unpaired) electrons.